The average molecular weight is 225 g/mol. The Morgan fingerprint density at radius 1 is 1.40 bits per heavy atom. The summed E-state index contributed by atoms with van der Waals surface area (Å²) in [6.45, 7) is 3.74. The van der Waals surface area contributed by atoms with Crippen LogP contribution >= 0.6 is 0 Å². The topological polar surface area (TPSA) is 37.4 Å². The molecule has 0 N–H and O–H groups in total. The molecule has 0 radical (unpaired) electrons. The van der Waals surface area contributed by atoms with Crippen molar-refractivity contribution in [1.29, 1.82) is 0 Å². The summed E-state index contributed by atoms with van der Waals surface area (Å²) in [5.74, 6) is -0.102. The van der Waals surface area contributed by atoms with Gasteiger partial charge in [0.2, 0.25) is 5.91 Å². The highest BCUT2D eigenvalue weighted by molar-refractivity contribution is 7.87. The lowest BCUT2D eigenvalue weighted by molar-refractivity contribution is -0.124. The first-order valence-electron chi connectivity index (χ1n) is 4.78. The van der Waals surface area contributed by atoms with Crippen LogP contribution < -0.4 is 0 Å². The molecule has 0 aromatic carbocycles. The van der Waals surface area contributed by atoms with Crippen molar-refractivity contribution in [2.75, 3.05) is 7.05 Å². The lowest BCUT2D eigenvalue weighted by Gasteiger charge is -2.25. The molecule has 1 aliphatic rings. The third kappa shape index (κ3) is 2.45. The van der Waals surface area contributed by atoms with E-state index < -0.39 is 11.0 Å². The molecule has 0 aromatic rings. The molecule has 1 unspecified atom stereocenters. The van der Waals surface area contributed by atoms with Crippen LogP contribution in [0.25, 0.3) is 0 Å². The van der Waals surface area contributed by atoms with E-state index in [4.69, 9.17) is 0 Å². The van der Waals surface area contributed by atoms with E-state index in [1.165, 1.54) is 4.31 Å². The van der Waals surface area contributed by atoms with Gasteiger partial charge in [0.25, 0.3) is 0 Å². The molecule has 1 heterocycles. The van der Waals surface area contributed by atoms with Crippen LogP contribution in [0.1, 0.15) is 20.3 Å². The lowest BCUT2D eigenvalue weighted by Crippen LogP contribution is -2.34. The Kier molecular flexibility index (Phi) is 4.03. The fourth-order valence-corrected chi connectivity index (χ4v) is 2.46. The Balaban J connectivity index is 3.09. The van der Waals surface area contributed by atoms with Gasteiger partial charge in [0.05, 0.1) is 11.3 Å². The SMILES string of the molecule is C/C=C/C=C1/CC(=O)N(C)S(=O)/C1=C/C. The smallest absolute Gasteiger partial charge is 0.238 e. The van der Waals surface area contributed by atoms with Gasteiger partial charge in [-0.25, -0.2) is 4.21 Å². The van der Waals surface area contributed by atoms with Gasteiger partial charge < -0.3 is 0 Å². The highest BCUT2D eigenvalue weighted by atomic mass is 32.2. The van der Waals surface area contributed by atoms with Crippen LogP contribution in [0.2, 0.25) is 0 Å². The van der Waals surface area contributed by atoms with Crippen molar-refractivity contribution in [1.82, 2.24) is 4.31 Å². The predicted octanol–water partition coefficient (Wildman–Crippen LogP) is 1.92. The Morgan fingerprint density at radius 3 is 2.60 bits per heavy atom. The zero-order valence-corrected chi connectivity index (χ0v) is 10.0. The van der Waals surface area contributed by atoms with Gasteiger partial charge in [-0.3, -0.25) is 9.10 Å². The number of allylic oxidation sites excluding steroid dienone is 5. The van der Waals surface area contributed by atoms with Crippen LogP contribution in [0.15, 0.2) is 34.8 Å². The second-order valence-electron chi connectivity index (χ2n) is 3.19. The first-order chi connectivity index (χ1) is 7.11. The van der Waals surface area contributed by atoms with Crippen LogP contribution in [0.4, 0.5) is 0 Å². The highest BCUT2D eigenvalue weighted by Crippen LogP contribution is 2.26. The summed E-state index contributed by atoms with van der Waals surface area (Å²) in [5.41, 5.74) is 0.844. The van der Waals surface area contributed by atoms with E-state index in [1.807, 2.05) is 32.1 Å². The van der Waals surface area contributed by atoms with Crippen molar-refractivity contribution in [2.24, 2.45) is 0 Å². The minimum absolute atomic E-state index is 0.102. The fourth-order valence-electron chi connectivity index (χ4n) is 1.35. The van der Waals surface area contributed by atoms with Gasteiger partial charge in [-0.15, -0.1) is 0 Å². The molecule has 1 saturated heterocycles. The van der Waals surface area contributed by atoms with E-state index >= 15 is 0 Å². The second-order valence-corrected chi connectivity index (χ2v) is 4.67. The van der Waals surface area contributed by atoms with Crippen molar-refractivity contribution in [3.8, 4) is 0 Å². The molecule has 0 bridgehead atoms. The second kappa shape index (κ2) is 5.07. The average Bonchev–Trinajstić information content (AvgIpc) is 2.23. The maximum absolute atomic E-state index is 11.8. The number of amides is 1. The van der Waals surface area contributed by atoms with Crippen molar-refractivity contribution >= 4 is 16.9 Å². The molecular weight excluding hydrogens is 210 g/mol. The molecule has 1 atom stereocenters. The van der Waals surface area contributed by atoms with Crippen LogP contribution in [0.5, 0.6) is 0 Å². The van der Waals surface area contributed by atoms with Crippen LogP contribution in [-0.2, 0) is 15.8 Å². The molecule has 3 nitrogen and oxygen atoms in total. The van der Waals surface area contributed by atoms with Gasteiger partial charge in [0.15, 0.2) is 11.0 Å². The summed E-state index contributed by atoms with van der Waals surface area (Å²) >= 11 is 0. The highest BCUT2D eigenvalue weighted by Gasteiger charge is 2.28. The van der Waals surface area contributed by atoms with Gasteiger partial charge in [-0.2, -0.15) is 0 Å². The number of hydrogen-bond donors (Lipinski definition) is 0. The fraction of sp³-hybridized carbons (Fsp3) is 0.364. The summed E-state index contributed by atoms with van der Waals surface area (Å²) in [6, 6.07) is 0. The minimum atomic E-state index is -1.34. The lowest BCUT2D eigenvalue weighted by atomic mass is 10.1. The molecule has 1 amide bonds. The Morgan fingerprint density at radius 2 is 2.07 bits per heavy atom. The summed E-state index contributed by atoms with van der Waals surface area (Å²) in [4.78, 5) is 12.2. The van der Waals surface area contributed by atoms with Gasteiger partial charge in [-0.05, 0) is 19.4 Å². The molecule has 1 fully saturated rings. The summed E-state index contributed by atoms with van der Waals surface area (Å²) in [6.07, 6.45) is 7.71. The quantitative estimate of drug-likeness (QED) is 0.683. The van der Waals surface area contributed by atoms with E-state index in [0.717, 1.165) is 10.5 Å². The van der Waals surface area contributed by atoms with Crippen molar-refractivity contribution in [2.45, 2.75) is 20.3 Å². The van der Waals surface area contributed by atoms with E-state index in [-0.39, 0.29) is 5.91 Å². The minimum Gasteiger partial charge on any atom is -0.274 e. The number of carbonyl (C=O) groups excluding carboxylic acids is 1. The number of rotatable bonds is 1. The molecule has 1 rings (SSSR count). The maximum Gasteiger partial charge on any atom is 0.238 e. The number of hydrogen-bond acceptors (Lipinski definition) is 2. The normalized spacial score (nSPS) is 28.3. The van der Waals surface area contributed by atoms with Gasteiger partial charge >= 0.3 is 0 Å². The number of nitrogens with zero attached hydrogens (tertiary/aromatic N) is 1. The van der Waals surface area contributed by atoms with Gasteiger partial charge in [0, 0.05) is 7.05 Å². The molecule has 82 valence electrons. The first-order valence-corrected chi connectivity index (χ1v) is 5.89. The van der Waals surface area contributed by atoms with Crippen LogP contribution in [-0.4, -0.2) is 21.5 Å². The largest absolute Gasteiger partial charge is 0.274 e. The monoisotopic (exact) mass is 225 g/mol. The summed E-state index contributed by atoms with van der Waals surface area (Å²) in [5, 5.41) is 0. The molecular formula is C11H15NO2S. The van der Waals surface area contributed by atoms with Crippen molar-refractivity contribution in [3.63, 3.8) is 0 Å². The molecule has 0 spiro atoms. The van der Waals surface area contributed by atoms with Gasteiger partial charge in [-0.1, -0.05) is 24.3 Å². The van der Waals surface area contributed by atoms with E-state index in [2.05, 4.69) is 0 Å². The zero-order valence-electron chi connectivity index (χ0n) is 9.19. The maximum atomic E-state index is 11.8. The summed E-state index contributed by atoms with van der Waals surface area (Å²) in [7, 11) is 0.220. The Hall–Kier alpha value is -1.16. The third-order valence-electron chi connectivity index (χ3n) is 2.20. The van der Waals surface area contributed by atoms with Crippen molar-refractivity contribution < 1.29 is 9.00 Å². The standard InChI is InChI=1S/C11H15NO2S/c1-4-6-7-9-8-11(13)12(3)15(14)10(9)5-2/h4-7H,8H2,1-3H3/b6-4+,9-7-,10-5+. The Bertz CT molecular complexity index is 380. The van der Waals surface area contributed by atoms with E-state index in [1.54, 1.807) is 13.1 Å². The van der Waals surface area contributed by atoms with Gasteiger partial charge in [0.1, 0.15) is 0 Å². The first kappa shape index (κ1) is 11.9. The van der Waals surface area contributed by atoms with Crippen molar-refractivity contribution in [3.05, 3.63) is 34.8 Å². The predicted molar refractivity (Wildman–Crippen MR) is 62.2 cm³/mol. The molecule has 1 aliphatic heterocycles. The molecule has 0 aromatic heterocycles. The van der Waals surface area contributed by atoms with Crippen LogP contribution in [0, 0.1) is 0 Å². The van der Waals surface area contributed by atoms with E-state index in [9.17, 15) is 9.00 Å². The number of carbonyl (C=O) groups is 1. The van der Waals surface area contributed by atoms with E-state index in [0.29, 0.717) is 6.42 Å². The molecule has 4 heteroatoms. The molecule has 15 heavy (non-hydrogen) atoms. The van der Waals surface area contributed by atoms with Crippen LogP contribution in [0.3, 0.4) is 0 Å². The zero-order chi connectivity index (χ0) is 11.4. The Labute approximate surface area is 92.7 Å². The molecule has 0 aliphatic carbocycles. The molecule has 0 saturated carbocycles. The third-order valence-corrected chi connectivity index (χ3v) is 3.77. The summed E-state index contributed by atoms with van der Waals surface area (Å²) < 4.78 is 13.1.